The topological polar surface area (TPSA) is 271 Å². The van der Waals surface area contributed by atoms with E-state index < -0.39 is 66.8 Å². The van der Waals surface area contributed by atoms with Crippen molar-refractivity contribution in [3.8, 4) is 0 Å². The van der Waals surface area contributed by atoms with E-state index in [9.17, 15) is 29.1 Å². The van der Waals surface area contributed by atoms with E-state index in [1.165, 1.54) is 25.0 Å². The van der Waals surface area contributed by atoms with Crippen LogP contribution in [0.25, 0.3) is 0 Å². The van der Waals surface area contributed by atoms with Crippen LogP contribution in [0.5, 0.6) is 0 Å². The van der Waals surface area contributed by atoms with Crippen LogP contribution in [-0.4, -0.2) is 90.5 Å². The molecule has 0 aromatic carbocycles. The van der Waals surface area contributed by atoms with Gasteiger partial charge >= 0.3 is 5.97 Å². The number of hydrogen-bond donors (Lipinski definition) is 9. The molecular formula is C19H27N9O7. The Labute approximate surface area is 198 Å². The van der Waals surface area contributed by atoms with Gasteiger partial charge in [0.25, 0.3) is 0 Å². The summed E-state index contributed by atoms with van der Waals surface area (Å²) in [6.07, 6.45) is 4.65. The number of amides is 4. The SMILES string of the molecule is NC(=O)CC(NC(=O)C(N)CO)C(=O)NC(Cc1cnc[nH]1)C(=O)NC(Cc1cnc[nH]1)C(=O)O. The van der Waals surface area contributed by atoms with Crippen LogP contribution < -0.4 is 27.4 Å². The van der Waals surface area contributed by atoms with Gasteiger partial charge in [0.15, 0.2) is 0 Å². The Hall–Kier alpha value is -4.31. The molecule has 2 heterocycles. The minimum absolute atomic E-state index is 0.106. The van der Waals surface area contributed by atoms with Crippen LogP contribution in [0, 0.1) is 0 Å². The fourth-order valence-corrected chi connectivity index (χ4v) is 2.96. The zero-order valence-corrected chi connectivity index (χ0v) is 18.4. The highest BCUT2D eigenvalue weighted by Crippen LogP contribution is 2.04. The van der Waals surface area contributed by atoms with Crippen molar-refractivity contribution in [1.29, 1.82) is 0 Å². The molecule has 4 amide bonds. The number of rotatable bonds is 14. The number of carbonyl (C=O) groups is 5. The standard InChI is InChI=1S/C19H27N9O7/c20-11(6-29)16(31)26-13(3-15(21)30)18(33)27-12(1-9-4-22-7-24-9)17(32)28-14(19(34)35)2-10-5-23-8-25-10/h4-5,7-8,11-14,29H,1-3,6,20H2,(H2,21,30)(H,22,24)(H,23,25)(H,26,31)(H,27,33)(H,28,32)(H,34,35). The van der Waals surface area contributed by atoms with E-state index in [-0.39, 0.29) is 12.8 Å². The highest BCUT2D eigenvalue weighted by atomic mass is 16.4. The van der Waals surface area contributed by atoms with Gasteiger partial charge in [-0.3, -0.25) is 19.2 Å². The maximum absolute atomic E-state index is 13.0. The number of imidazole rings is 2. The number of carboxylic acids is 1. The zero-order valence-electron chi connectivity index (χ0n) is 18.4. The molecule has 2 aromatic heterocycles. The molecule has 16 heteroatoms. The molecule has 0 aliphatic rings. The summed E-state index contributed by atoms with van der Waals surface area (Å²) >= 11 is 0. The number of aromatic amines is 2. The number of nitrogens with one attached hydrogen (secondary N) is 5. The van der Waals surface area contributed by atoms with Crippen molar-refractivity contribution in [3.05, 3.63) is 36.4 Å². The minimum atomic E-state index is -1.50. The summed E-state index contributed by atoms with van der Waals surface area (Å²) in [5.74, 6) is -4.98. The molecule has 11 N–H and O–H groups in total. The van der Waals surface area contributed by atoms with E-state index in [4.69, 9.17) is 16.6 Å². The fourth-order valence-electron chi connectivity index (χ4n) is 2.96. The summed E-state index contributed by atoms with van der Waals surface area (Å²) in [6, 6.07) is -5.55. The average Bonchev–Trinajstić information content (AvgIpc) is 3.50. The van der Waals surface area contributed by atoms with E-state index in [2.05, 4.69) is 35.9 Å². The van der Waals surface area contributed by atoms with Gasteiger partial charge in [-0.25, -0.2) is 14.8 Å². The molecule has 0 fully saturated rings. The van der Waals surface area contributed by atoms with Crippen molar-refractivity contribution in [2.75, 3.05) is 6.61 Å². The summed E-state index contributed by atoms with van der Waals surface area (Å²) < 4.78 is 0. The number of aliphatic hydroxyl groups is 1. The molecule has 0 aliphatic heterocycles. The van der Waals surface area contributed by atoms with Gasteiger partial charge in [0, 0.05) is 36.6 Å². The average molecular weight is 493 g/mol. The van der Waals surface area contributed by atoms with E-state index in [1.807, 2.05) is 0 Å². The summed E-state index contributed by atoms with van der Waals surface area (Å²) in [5, 5.41) is 25.5. The first-order valence-corrected chi connectivity index (χ1v) is 10.3. The first kappa shape index (κ1) is 26.9. The van der Waals surface area contributed by atoms with Gasteiger partial charge in [-0.15, -0.1) is 0 Å². The van der Waals surface area contributed by atoms with Crippen molar-refractivity contribution in [1.82, 2.24) is 35.9 Å². The third-order valence-corrected chi connectivity index (χ3v) is 4.78. The number of aliphatic hydroxyl groups excluding tert-OH is 1. The summed E-state index contributed by atoms with van der Waals surface area (Å²) in [4.78, 5) is 74.1. The number of nitrogens with two attached hydrogens (primary N) is 2. The van der Waals surface area contributed by atoms with Gasteiger partial charge in [0.2, 0.25) is 23.6 Å². The number of primary amides is 1. The Morgan fingerprint density at radius 1 is 0.857 bits per heavy atom. The third kappa shape index (κ3) is 8.52. The number of nitrogens with zero attached hydrogens (tertiary/aromatic N) is 2. The van der Waals surface area contributed by atoms with Crippen LogP contribution in [0.4, 0.5) is 0 Å². The molecule has 4 unspecified atom stereocenters. The lowest BCUT2D eigenvalue weighted by Crippen LogP contribution is -2.58. The highest BCUT2D eigenvalue weighted by Gasteiger charge is 2.31. The lowest BCUT2D eigenvalue weighted by Gasteiger charge is -2.24. The van der Waals surface area contributed by atoms with Crippen molar-refractivity contribution >= 4 is 29.6 Å². The predicted molar refractivity (Wildman–Crippen MR) is 117 cm³/mol. The van der Waals surface area contributed by atoms with Crippen LogP contribution in [0.3, 0.4) is 0 Å². The molecule has 2 rings (SSSR count). The Kier molecular flexibility index (Phi) is 9.85. The van der Waals surface area contributed by atoms with E-state index in [0.29, 0.717) is 11.4 Å². The molecular weight excluding hydrogens is 466 g/mol. The maximum atomic E-state index is 13.0. The first-order valence-electron chi connectivity index (χ1n) is 10.3. The van der Waals surface area contributed by atoms with Gasteiger partial charge in [-0.2, -0.15) is 0 Å². The van der Waals surface area contributed by atoms with Crippen LogP contribution in [0.15, 0.2) is 25.0 Å². The van der Waals surface area contributed by atoms with Gasteiger partial charge in [-0.1, -0.05) is 0 Å². The molecule has 0 radical (unpaired) electrons. The van der Waals surface area contributed by atoms with E-state index in [1.54, 1.807) is 0 Å². The molecule has 16 nitrogen and oxygen atoms in total. The summed E-state index contributed by atoms with van der Waals surface area (Å²) in [7, 11) is 0. The predicted octanol–water partition coefficient (Wildman–Crippen LogP) is -4.35. The summed E-state index contributed by atoms with van der Waals surface area (Å²) in [5.41, 5.74) is 11.5. The monoisotopic (exact) mass is 493 g/mol. The molecule has 0 saturated heterocycles. The lowest BCUT2D eigenvalue weighted by molar-refractivity contribution is -0.142. The Morgan fingerprint density at radius 3 is 1.80 bits per heavy atom. The fraction of sp³-hybridized carbons (Fsp3) is 0.421. The van der Waals surface area contributed by atoms with Gasteiger partial charge < -0.3 is 47.6 Å². The molecule has 190 valence electrons. The molecule has 4 atom stereocenters. The Balaban J connectivity index is 2.20. The van der Waals surface area contributed by atoms with E-state index in [0.717, 1.165) is 0 Å². The largest absolute Gasteiger partial charge is 0.480 e. The lowest BCUT2D eigenvalue weighted by atomic mass is 10.1. The minimum Gasteiger partial charge on any atom is -0.480 e. The number of aromatic nitrogens is 4. The van der Waals surface area contributed by atoms with Crippen LogP contribution in [-0.2, 0) is 36.8 Å². The number of aliphatic carboxylic acids is 1. The van der Waals surface area contributed by atoms with Gasteiger partial charge in [-0.05, 0) is 0 Å². The van der Waals surface area contributed by atoms with Crippen LogP contribution >= 0.6 is 0 Å². The molecule has 0 saturated carbocycles. The molecule has 0 aliphatic carbocycles. The number of carbonyl (C=O) groups excluding carboxylic acids is 4. The number of hydrogen-bond acceptors (Lipinski definition) is 9. The van der Waals surface area contributed by atoms with Crippen molar-refractivity contribution in [2.24, 2.45) is 11.5 Å². The first-order chi connectivity index (χ1) is 16.6. The Morgan fingerprint density at radius 2 is 1.34 bits per heavy atom. The zero-order chi connectivity index (χ0) is 26.0. The molecule has 35 heavy (non-hydrogen) atoms. The van der Waals surface area contributed by atoms with E-state index >= 15 is 0 Å². The normalized spacial score (nSPS) is 14.2. The number of carboxylic acid groups (broad SMARTS) is 1. The maximum Gasteiger partial charge on any atom is 0.326 e. The quantitative estimate of drug-likeness (QED) is 0.122. The summed E-state index contributed by atoms with van der Waals surface area (Å²) in [6.45, 7) is -0.714. The second-order valence-corrected chi connectivity index (χ2v) is 7.54. The van der Waals surface area contributed by atoms with Crippen molar-refractivity contribution < 1.29 is 34.2 Å². The molecule has 0 spiro atoms. The smallest absolute Gasteiger partial charge is 0.326 e. The van der Waals surface area contributed by atoms with Crippen LogP contribution in [0.1, 0.15) is 17.8 Å². The Bertz CT molecular complexity index is 1010. The third-order valence-electron chi connectivity index (χ3n) is 4.78. The molecule has 0 bridgehead atoms. The van der Waals surface area contributed by atoms with Crippen molar-refractivity contribution in [3.63, 3.8) is 0 Å². The highest BCUT2D eigenvalue weighted by molar-refractivity contribution is 5.96. The number of H-pyrrole nitrogens is 2. The second-order valence-electron chi connectivity index (χ2n) is 7.54. The van der Waals surface area contributed by atoms with Gasteiger partial charge in [0.1, 0.15) is 24.2 Å². The van der Waals surface area contributed by atoms with Crippen LogP contribution in [0.2, 0.25) is 0 Å². The van der Waals surface area contributed by atoms with Crippen molar-refractivity contribution in [2.45, 2.75) is 43.4 Å². The van der Waals surface area contributed by atoms with Gasteiger partial charge in [0.05, 0.1) is 25.7 Å². The second kappa shape index (κ2) is 12.8. The molecule has 2 aromatic rings.